The fourth-order valence-electron chi connectivity index (χ4n) is 1.52. The summed E-state index contributed by atoms with van der Waals surface area (Å²) in [6, 6.07) is 3.64. The predicted molar refractivity (Wildman–Crippen MR) is 57.1 cm³/mol. The molecule has 1 unspecified atom stereocenters. The van der Waals surface area contributed by atoms with Crippen LogP contribution >= 0.6 is 0 Å². The molecule has 1 aromatic rings. The van der Waals surface area contributed by atoms with Gasteiger partial charge < -0.3 is 10.8 Å². The summed E-state index contributed by atoms with van der Waals surface area (Å²) in [5.74, 6) is -2.92. The second-order valence-electron chi connectivity index (χ2n) is 3.47. The second-order valence-corrected chi connectivity index (χ2v) is 3.47. The highest BCUT2D eigenvalue weighted by molar-refractivity contribution is 5.68. The van der Waals surface area contributed by atoms with Gasteiger partial charge >= 0.3 is 11.7 Å². The summed E-state index contributed by atoms with van der Waals surface area (Å²) in [6.45, 7) is -0.0929. The van der Waals surface area contributed by atoms with Gasteiger partial charge in [0.15, 0.2) is 0 Å². The van der Waals surface area contributed by atoms with Gasteiger partial charge in [0.25, 0.3) is 0 Å². The molecule has 6 nitrogen and oxygen atoms in total. The summed E-state index contributed by atoms with van der Waals surface area (Å²) in [6.07, 6.45) is -0.366. The number of hydrogen-bond acceptors (Lipinski definition) is 4. The molecule has 0 fully saturated rings. The molecule has 0 radical (unpaired) electrons. The summed E-state index contributed by atoms with van der Waals surface area (Å²) in [7, 11) is 0. The van der Waals surface area contributed by atoms with Crippen LogP contribution in [0.5, 0.6) is 0 Å². The van der Waals surface area contributed by atoms with Crippen LogP contribution in [0.2, 0.25) is 0 Å². The van der Waals surface area contributed by atoms with Crippen molar-refractivity contribution < 1.29 is 19.2 Å². The molecule has 0 aliphatic rings. The minimum Gasteiger partial charge on any atom is -0.481 e. The Labute approximate surface area is 96.0 Å². The van der Waals surface area contributed by atoms with Crippen molar-refractivity contribution in [3.63, 3.8) is 0 Å². The summed E-state index contributed by atoms with van der Waals surface area (Å²) in [4.78, 5) is 20.2. The molecule has 0 bridgehead atoms. The number of nitro benzene ring substituents is 1. The van der Waals surface area contributed by atoms with E-state index in [1.54, 1.807) is 0 Å². The zero-order chi connectivity index (χ0) is 13.0. The molecular weight excluding hydrogens is 231 g/mol. The number of aliphatic carboxylic acids is 1. The lowest BCUT2D eigenvalue weighted by atomic mass is 9.95. The van der Waals surface area contributed by atoms with Gasteiger partial charge in [0.1, 0.15) is 0 Å². The number of halogens is 1. The smallest absolute Gasteiger partial charge is 0.305 e. The molecule has 0 heterocycles. The van der Waals surface area contributed by atoms with Crippen LogP contribution < -0.4 is 5.73 Å². The number of carboxylic acids is 1. The van der Waals surface area contributed by atoms with E-state index in [0.29, 0.717) is 0 Å². The zero-order valence-electron chi connectivity index (χ0n) is 8.80. The number of nitrogens with zero attached hydrogens (tertiary/aromatic N) is 1. The van der Waals surface area contributed by atoms with E-state index in [-0.39, 0.29) is 18.5 Å². The Morgan fingerprint density at radius 2 is 2.24 bits per heavy atom. The van der Waals surface area contributed by atoms with Crippen molar-refractivity contribution in [2.75, 3.05) is 6.54 Å². The molecule has 7 heteroatoms. The molecule has 1 rings (SSSR count). The van der Waals surface area contributed by atoms with Crippen molar-refractivity contribution in [1.82, 2.24) is 0 Å². The molecule has 92 valence electrons. The van der Waals surface area contributed by atoms with Crippen molar-refractivity contribution in [3.05, 3.63) is 39.7 Å². The number of carbonyl (C=O) groups is 1. The highest BCUT2D eigenvalue weighted by Crippen LogP contribution is 2.27. The molecule has 0 spiro atoms. The van der Waals surface area contributed by atoms with E-state index in [0.717, 1.165) is 6.07 Å². The molecule has 0 saturated heterocycles. The molecular formula is C10H11FN2O4. The third-order valence-corrected chi connectivity index (χ3v) is 2.35. The molecule has 0 aromatic heterocycles. The lowest BCUT2D eigenvalue weighted by Crippen LogP contribution is -2.17. The van der Waals surface area contributed by atoms with Crippen LogP contribution in [0.3, 0.4) is 0 Å². The van der Waals surface area contributed by atoms with E-state index in [9.17, 15) is 19.3 Å². The average Bonchev–Trinajstić information content (AvgIpc) is 2.26. The molecule has 3 N–H and O–H groups in total. The van der Waals surface area contributed by atoms with Crippen LogP contribution in [0, 0.1) is 15.9 Å². The van der Waals surface area contributed by atoms with Gasteiger partial charge in [-0.2, -0.15) is 4.39 Å². The minimum atomic E-state index is -1.13. The van der Waals surface area contributed by atoms with Crippen molar-refractivity contribution in [2.45, 2.75) is 12.3 Å². The molecule has 0 aliphatic heterocycles. The van der Waals surface area contributed by atoms with Crippen molar-refractivity contribution in [1.29, 1.82) is 0 Å². The monoisotopic (exact) mass is 242 g/mol. The van der Waals surface area contributed by atoms with E-state index >= 15 is 0 Å². The van der Waals surface area contributed by atoms with E-state index < -0.39 is 28.3 Å². The first-order valence-corrected chi connectivity index (χ1v) is 4.82. The normalized spacial score (nSPS) is 12.1. The second kappa shape index (κ2) is 5.35. The van der Waals surface area contributed by atoms with Crippen LogP contribution in [0.1, 0.15) is 17.9 Å². The molecule has 1 atom stereocenters. The van der Waals surface area contributed by atoms with Gasteiger partial charge in [-0.3, -0.25) is 14.9 Å². The standard InChI is InChI=1S/C10H11FN2O4/c11-10-7(6(5-12)4-9(14)15)2-1-3-8(10)13(16)17/h1-3,6H,4-5,12H2,(H,14,15). The number of benzene rings is 1. The Balaban J connectivity index is 3.16. The lowest BCUT2D eigenvalue weighted by molar-refractivity contribution is -0.387. The maximum Gasteiger partial charge on any atom is 0.305 e. The van der Waals surface area contributed by atoms with Crippen LogP contribution in [0.25, 0.3) is 0 Å². The number of nitrogens with two attached hydrogens (primary N) is 1. The topological polar surface area (TPSA) is 106 Å². The number of carboxylic acid groups (broad SMARTS) is 1. The van der Waals surface area contributed by atoms with Gasteiger partial charge in [-0.25, -0.2) is 0 Å². The van der Waals surface area contributed by atoms with Gasteiger partial charge in [-0.15, -0.1) is 0 Å². The summed E-state index contributed by atoms with van der Waals surface area (Å²) in [5, 5.41) is 19.2. The van der Waals surface area contributed by atoms with E-state index in [1.165, 1.54) is 12.1 Å². The fourth-order valence-corrected chi connectivity index (χ4v) is 1.52. The maximum atomic E-state index is 13.7. The summed E-state index contributed by atoms with van der Waals surface area (Å²) in [5.41, 5.74) is 4.64. The Kier molecular flexibility index (Phi) is 4.11. The average molecular weight is 242 g/mol. The van der Waals surface area contributed by atoms with Gasteiger partial charge in [0, 0.05) is 12.0 Å². The number of nitro groups is 1. The fraction of sp³-hybridized carbons (Fsp3) is 0.300. The third-order valence-electron chi connectivity index (χ3n) is 2.35. The zero-order valence-corrected chi connectivity index (χ0v) is 8.80. The summed E-state index contributed by atoms with van der Waals surface area (Å²) >= 11 is 0. The van der Waals surface area contributed by atoms with Crippen molar-refractivity contribution in [3.8, 4) is 0 Å². The number of hydrogen-bond donors (Lipinski definition) is 2. The highest BCUT2D eigenvalue weighted by atomic mass is 19.1. The van der Waals surface area contributed by atoms with Gasteiger partial charge in [0.05, 0.1) is 11.3 Å². The molecule has 0 aliphatic carbocycles. The first-order chi connectivity index (χ1) is 7.97. The maximum absolute atomic E-state index is 13.7. The Morgan fingerprint density at radius 3 is 2.71 bits per heavy atom. The largest absolute Gasteiger partial charge is 0.481 e. The van der Waals surface area contributed by atoms with Gasteiger partial charge in [-0.05, 0) is 12.1 Å². The van der Waals surface area contributed by atoms with Crippen LogP contribution in [0.15, 0.2) is 18.2 Å². The predicted octanol–water partition coefficient (Wildman–Crippen LogP) is 1.25. The molecule has 0 saturated carbocycles. The van der Waals surface area contributed by atoms with E-state index in [4.69, 9.17) is 10.8 Å². The van der Waals surface area contributed by atoms with Crippen LogP contribution in [-0.4, -0.2) is 22.5 Å². The van der Waals surface area contributed by atoms with Crippen LogP contribution in [-0.2, 0) is 4.79 Å². The van der Waals surface area contributed by atoms with Crippen molar-refractivity contribution in [2.24, 2.45) is 5.73 Å². The first-order valence-electron chi connectivity index (χ1n) is 4.82. The number of rotatable bonds is 5. The van der Waals surface area contributed by atoms with E-state index in [2.05, 4.69) is 0 Å². The minimum absolute atomic E-state index is 0.0379. The lowest BCUT2D eigenvalue weighted by Gasteiger charge is -2.13. The SMILES string of the molecule is NCC(CC(=O)O)c1cccc([N+](=O)[O-])c1F. The Morgan fingerprint density at radius 1 is 1.59 bits per heavy atom. The van der Waals surface area contributed by atoms with Gasteiger partial charge in [-0.1, -0.05) is 12.1 Å². The van der Waals surface area contributed by atoms with Crippen molar-refractivity contribution >= 4 is 11.7 Å². The Hall–Kier alpha value is -2.02. The molecule has 0 amide bonds. The molecule has 17 heavy (non-hydrogen) atoms. The summed E-state index contributed by atoms with van der Waals surface area (Å²) < 4.78 is 13.7. The Bertz CT molecular complexity index is 450. The first kappa shape index (κ1) is 13.0. The van der Waals surface area contributed by atoms with E-state index in [1.807, 2.05) is 0 Å². The van der Waals surface area contributed by atoms with Gasteiger partial charge in [0.2, 0.25) is 5.82 Å². The third kappa shape index (κ3) is 2.97. The highest BCUT2D eigenvalue weighted by Gasteiger charge is 2.23. The quantitative estimate of drug-likeness (QED) is 0.597. The molecule has 1 aromatic carbocycles. The van der Waals surface area contributed by atoms with Crippen LogP contribution in [0.4, 0.5) is 10.1 Å².